The second kappa shape index (κ2) is 13.5. The van der Waals surface area contributed by atoms with Crippen LogP contribution >= 0.6 is 0 Å². The summed E-state index contributed by atoms with van der Waals surface area (Å²) in [6.07, 6.45) is 2.01. The molecule has 6 nitrogen and oxygen atoms in total. The highest BCUT2D eigenvalue weighted by molar-refractivity contribution is 5.91. The van der Waals surface area contributed by atoms with Gasteiger partial charge in [-0.25, -0.2) is 0 Å². The molecule has 0 bridgehead atoms. The predicted octanol–water partition coefficient (Wildman–Crippen LogP) is 2.83. The van der Waals surface area contributed by atoms with Crippen LogP contribution in [0.2, 0.25) is 0 Å². The molecule has 0 aromatic carbocycles. The molecule has 6 heteroatoms. The second-order valence-electron chi connectivity index (χ2n) is 4.98. The Kier molecular flexibility index (Phi) is 12.8. The van der Waals surface area contributed by atoms with Crippen LogP contribution < -0.4 is 0 Å². The number of carbonyl (C=O) groups is 2. The third-order valence-electron chi connectivity index (χ3n) is 2.90. The van der Waals surface area contributed by atoms with Crippen LogP contribution in [0.25, 0.3) is 0 Å². The van der Waals surface area contributed by atoms with E-state index in [4.69, 9.17) is 18.9 Å². The fourth-order valence-corrected chi connectivity index (χ4v) is 1.81. The Morgan fingerprint density at radius 3 is 2.23 bits per heavy atom. The third-order valence-corrected chi connectivity index (χ3v) is 2.90. The lowest BCUT2D eigenvalue weighted by Crippen LogP contribution is -2.26. The van der Waals surface area contributed by atoms with Gasteiger partial charge in [0.2, 0.25) is 6.29 Å². The lowest BCUT2D eigenvalue weighted by Gasteiger charge is -2.18. The normalized spacial score (nSPS) is 13.5. The maximum absolute atomic E-state index is 11.7. The Morgan fingerprint density at radius 1 is 0.955 bits per heavy atom. The van der Waals surface area contributed by atoms with Gasteiger partial charge in [0.1, 0.15) is 6.42 Å². The quantitative estimate of drug-likeness (QED) is 0.225. The number of hydrogen-bond acceptors (Lipinski definition) is 6. The first kappa shape index (κ1) is 20.9. The van der Waals surface area contributed by atoms with Gasteiger partial charge >= 0.3 is 11.9 Å². The summed E-state index contributed by atoms with van der Waals surface area (Å²) < 4.78 is 20.8. The zero-order valence-electron chi connectivity index (χ0n) is 14.3. The number of ether oxygens (including phenoxy) is 4. The van der Waals surface area contributed by atoms with Crippen LogP contribution in [0, 0.1) is 0 Å². The van der Waals surface area contributed by atoms with Crippen molar-refractivity contribution < 1.29 is 28.5 Å². The van der Waals surface area contributed by atoms with Crippen LogP contribution in [0.15, 0.2) is 0 Å². The Bertz CT molecular complexity index is 305. The van der Waals surface area contributed by atoms with Crippen molar-refractivity contribution in [3.05, 3.63) is 0 Å². The van der Waals surface area contributed by atoms with E-state index < -0.39 is 24.6 Å². The summed E-state index contributed by atoms with van der Waals surface area (Å²) in [7, 11) is 0. The van der Waals surface area contributed by atoms with Crippen molar-refractivity contribution in [1.29, 1.82) is 0 Å². The van der Waals surface area contributed by atoms with Crippen molar-refractivity contribution >= 4 is 11.9 Å². The molecule has 0 N–H and O–H groups in total. The van der Waals surface area contributed by atoms with Crippen molar-refractivity contribution in [2.75, 3.05) is 19.8 Å². The summed E-state index contributed by atoms with van der Waals surface area (Å²) in [4.78, 5) is 23.4. The summed E-state index contributed by atoms with van der Waals surface area (Å²) in [6, 6.07) is 0. The summed E-state index contributed by atoms with van der Waals surface area (Å²) in [5.41, 5.74) is 0. The molecule has 2 atom stereocenters. The molecule has 130 valence electrons. The summed E-state index contributed by atoms with van der Waals surface area (Å²) >= 11 is 0. The number of rotatable bonds is 13. The Labute approximate surface area is 133 Å². The molecule has 0 aliphatic heterocycles. The molecule has 0 fully saturated rings. The van der Waals surface area contributed by atoms with E-state index in [9.17, 15) is 9.59 Å². The monoisotopic (exact) mass is 318 g/mol. The molecule has 0 aromatic heterocycles. The summed E-state index contributed by atoms with van der Waals surface area (Å²) in [6.45, 7) is 9.04. The highest BCUT2D eigenvalue weighted by Crippen LogP contribution is 2.08. The third kappa shape index (κ3) is 11.5. The van der Waals surface area contributed by atoms with E-state index in [0.717, 1.165) is 19.3 Å². The minimum atomic E-state index is -0.686. The Balaban J connectivity index is 4.07. The molecule has 0 saturated carbocycles. The van der Waals surface area contributed by atoms with Crippen molar-refractivity contribution in [3.63, 3.8) is 0 Å². The number of hydrogen-bond donors (Lipinski definition) is 0. The average Bonchev–Trinajstić information content (AvgIpc) is 2.45. The van der Waals surface area contributed by atoms with Gasteiger partial charge in [-0.15, -0.1) is 0 Å². The lowest BCUT2D eigenvalue weighted by atomic mass is 10.2. The molecule has 22 heavy (non-hydrogen) atoms. The predicted molar refractivity (Wildman–Crippen MR) is 82.3 cm³/mol. The molecule has 0 amide bonds. The summed E-state index contributed by atoms with van der Waals surface area (Å²) in [5.74, 6) is -1.20. The van der Waals surface area contributed by atoms with E-state index in [1.54, 1.807) is 0 Å². The molecule has 0 heterocycles. The van der Waals surface area contributed by atoms with Crippen LogP contribution in [-0.2, 0) is 28.5 Å². The van der Waals surface area contributed by atoms with Crippen molar-refractivity contribution in [2.24, 2.45) is 0 Å². The first-order valence-corrected chi connectivity index (χ1v) is 8.11. The van der Waals surface area contributed by atoms with E-state index in [1.807, 2.05) is 20.8 Å². The van der Waals surface area contributed by atoms with Crippen molar-refractivity contribution in [2.45, 2.75) is 72.2 Å². The Morgan fingerprint density at radius 2 is 1.64 bits per heavy atom. The van der Waals surface area contributed by atoms with E-state index in [2.05, 4.69) is 6.92 Å². The van der Waals surface area contributed by atoms with Gasteiger partial charge < -0.3 is 18.9 Å². The van der Waals surface area contributed by atoms with Gasteiger partial charge in [-0.05, 0) is 27.2 Å². The minimum absolute atomic E-state index is 0.180. The fourth-order valence-electron chi connectivity index (χ4n) is 1.81. The first-order valence-electron chi connectivity index (χ1n) is 8.11. The van der Waals surface area contributed by atoms with Gasteiger partial charge in [0.05, 0.1) is 12.7 Å². The molecule has 0 aliphatic rings. The second-order valence-corrected chi connectivity index (χ2v) is 4.98. The number of carbonyl (C=O) groups excluding carboxylic acids is 2. The molecule has 0 saturated heterocycles. The van der Waals surface area contributed by atoms with E-state index in [0.29, 0.717) is 26.2 Å². The smallest absolute Gasteiger partial charge is 0.319 e. The van der Waals surface area contributed by atoms with Crippen LogP contribution in [0.1, 0.15) is 59.8 Å². The molecular formula is C16H30O6. The fraction of sp³-hybridized carbons (Fsp3) is 0.875. The SMILES string of the molecule is CCCCC(C)OC(=O)CC(=O)OC(CCOCC)OCC. The topological polar surface area (TPSA) is 71.1 Å². The molecule has 0 radical (unpaired) electrons. The zero-order chi connectivity index (χ0) is 16.8. The lowest BCUT2D eigenvalue weighted by molar-refractivity contribution is -0.184. The molecule has 2 unspecified atom stereocenters. The van der Waals surface area contributed by atoms with Crippen LogP contribution in [0.5, 0.6) is 0 Å². The molecule has 0 spiro atoms. The van der Waals surface area contributed by atoms with Gasteiger partial charge in [-0.3, -0.25) is 9.59 Å². The maximum Gasteiger partial charge on any atom is 0.319 e. The van der Waals surface area contributed by atoms with Crippen LogP contribution in [0.4, 0.5) is 0 Å². The molecular weight excluding hydrogens is 288 g/mol. The zero-order valence-corrected chi connectivity index (χ0v) is 14.3. The van der Waals surface area contributed by atoms with Crippen LogP contribution in [0.3, 0.4) is 0 Å². The average molecular weight is 318 g/mol. The summed E-state index contributed by atoms with van der Waals surface area (Å²) in [5, 5.41) is 0. The van der Waals surface area contributed by atoms with Crippen molar-refractivity contribution in [1.82, 2.24) is 0 Å². The first-order chi connectivity index (χ1) is 10.5. The van der Waals surface area contributed by atoms with E-state index in [1.165, 1.54) is 0 Å². The number of unbranched alkanes of at least 4 members (excludes halogenated alkanes) is 1. The van der Waals surface area contributed by atoms with E-state index in [-0.39, 0.29) is 6.10 Å². The molecule has 0 aliphatic carbocycles. The highest BCUT2D eigenvalue weighted by Gasteiger charge is 2.19. The largest absolute Gasteiger partial charge is 0.462 e. The number of esters is 2. The highest BCUT2D eigenvalue weighted by atomic mass is 16.7. The van der Waals surface area contributed by atoms with Gasteiger partial charge in [0, 0.05) is 19.6 Å². The minimum Gasteiger partial charge on any atom is -0.462 e. The molecule has 0 rings (SSSR count). The van der Waals surface area contributed by atoms with Gasteiger partial charge in [0.15, 0.2) is 0 Å². The van der Waals surface area contributed by atoms with Gasteiger partial charge in [0.25, 0.3) is 0 Å². The van der Waals surface area contributed by atoms with E-state index >= 15 is 0 Å². The van der Waals surface area contributed by atoms with Gasteiger partial charge in [-0.2, -0.15) is 0 Å². The Hall–Kier alpha value is -1.14. The standard InChI is InChI=1S/C16H30O6/c1-5-8-9-13(4)21-14(17)12-15(18)22-16(20-7-3)10-11-19-6-2/h13,16H,5-12H2,1-4H3. The molecule has 0 aromatic rings. The van der Waals surface area contributed by atoms with Gasteiger partial charge in [-0.1, -0.05) is 19.8 Å². The maximum atomic E-state index is 11.7. The van der Waals surface area contributed by atoms with Crippen LogP contribution in [-0.4, -0.2) is 44.2 Å². The van der Waals surface area contributed by atoms with Crippen molar-refractivity contribution in [3.8, 4) is 0 Å².